The van der Waals surface area contributed by atoms with E-state index in [1.54, 1.807) is 0 Å². The average molecular weight is 481 g/mol. The minimum absolute atomic E-state index is 0. The molecule has 0 nitrogen and oxygen atoms in total. The fourth-order valence-corrected chi connectivity index (χ4v) is 3.06. The van der Waals surface area contributed by atoms with Crippen LogP contribution in [0.4, 0.5) is 0 Å². The second-order valence-corrected chi connectivity index (χ2v) is 8.18. The maximum Gasteiger partial charge on any atom is -0.0337 e. The van der Waals surface area contributed by atoms with Crippen molar-refractivity contribution in [2.45, 2.75) is 191 Å². The van der Waals surface area contributed by atoms with Gasteiger partial charge in [-0.3, -0.25) is 0 Å². The molecule has 0 heteroatoms. The van der Waals surface area contributed by atoms with Crippen LogP contribution >= 0.6 is 0 Å². The SMILES string of the molecule is C.CC.CC.CC.CC.CCC.CCC.CCCC.CCCC(C(C)C)C(C(C)C)C(C)C. The molecule has 0 bridgehead atoms. The van der Waals surface area contributed by atoms with Gasteiger partial charge < -0.3 is 0 Å². The fraction of sp³-hybridized carbons (Fsp3) is 1.00. The lowest BCUT2D eigenvalue weighted by atomic mass is 9.70. The Morgan fingerprint density at radius 1 is 0.394 bits per heavy atom. The fourth-order valence-electron chi connectivity index (χ4n) is 3.06. The first-order chi connectivity index (χ1) is 15.2. The van der Waals surface area contributed by atoms with Gasteiger partial charge in [-0.05, 0) is 29.6 Å². The van der Waals surface area contributed by atoms with Crippen LogP contribution in [0.2, 0.25) is 0 Å². The van der Waals surface area contributed by atoms with Gasteiger partial charge in [0.2, 0.25) is 0 Å². The highest BCUT2D eigenvalue weighted by molar-refractivity contribution is 4.77. The van der Waals surface area contributed by atoms with Crippen molar-refractivity contribution >= 4 is 0 Å². The van der Waals surface area contributed by atoms with Crippen LogP contribution in [0, 0.1) is 29.6 Å². The molecule has 0 aromatic carbocycles. The number of rotatable bonds is 7. The molecule has 0 heterocycles. The van der Waals surface area contributed by atoms with Gasteiger partial charge in [-0.15, -0.1) is 0 Å². The summed E-state index contributed by atoms with van der Waals surface area (Å²) in [5.41, 5.74) is 0. The standard InChI is InChI=1S/C14H30.C4H10.2C3H8.4C2H6.CH4/c1-8-9-13(10(2)3)14(11(4)5)12(6)7;1-3-4-2;2*1-3-2;4*1-2;/h10-14H,8-9H2,1-7H3;3-4H2,1-2H3;2*3H2,1-2H3;4*1-2H3;1H4. The molecule has 0 saturated carbocycles. The van der Waals surface area contributed by atoms with Crippen molar-refractivity contribution in [1.29, 1.82) is 0 Å². The molecule has 0 radical (unpaired) electrons. The van der Waals surface area contributed by atoms with E-state index in [0.717, 1.165) is 29.6 Å². The molecular weight excluding hydrogens is 396 g/mol. The molecule has 0 N–H and O–H groups in total. The Morgan fingerprint density at radius 2 is 0.606 bits per heavy atom. The first-order valence-corrected chi connectivity index (χ1v) is 15.2. The molecule has 0 aromatic heterocycles. The van der Waals surface area contributed by atoms with Crippen molar-refractivity contribution < 1.29 is 0 Å². The molecule has 0 aromatic rings. The molecule has 0 aliphatic carbocycles. The zero-order valence-electron chi connectivity index (χ0n) is 28.1. The lowest BCUT2D eigenvalue weighted by molar-refractivity contribution is 0.133. The van der Waals surface area contributed by atoms with E-state index >= 15 is 0 Å². The molecule has 0 rings (SSSR count). The second kappa shape index (κ2) is 69.7. The van der Waals surface area contributed by atoms with Crippen molar-refractivity contribution in [2.75, 3.05) is 0 Å². The van der Waals surface area contributed by atoms with Gasteiger partial charge in [0.05, 0.1) is 0 Å². The smallest absolute Gasteiger partial charge is 0.0337 e. The normalized spacial score (nSPS) is 9.00. The summed E-state index contributed by atoms with van der Waals surface area (Å²) in [5.74, 6) is 4.31. The molecule has 1 unspecified atom stereocenters. The molecule has 0 saturated heterocycles. The second-order valence-electron chi connectivity index (χ2n) is 8.18. The predicted octanol–water partition coefficient (Wildman–Crippen LogP) is 14.4. The van der Waals surface area contributed by atoms with Gasteiger partial charge in [0, 0.05) is 0 Å². The van der Waals surface area contributed by atoms with Crippen LogP contribution < -0.4 is 0 Å². The van der Waals surface area contributed by atoms with Crippen LogP contribution in [-0.2, 0) is 0 Å². The summed E-state index contributed by atoms with van der Waals surface area (Å²) in [6, 6.07) is 0. The molecule has 1 atom stereocenters. The highest BCUT2D eigenvalue weighted by Gasteiger charge is 2.28. The molecule has 0 aliphatic heterocycles. The van der Waals surface area contributed by atoms with E-state index in [-0.39, 0.29) is 7.43 Å². The third kappa shape index (κ3) is 72.0. The predicted molar refractivity (Wildman–Crippen MR) is 171 cm³/mol. The van der Waals surface area contributed by atoms with E-state index < -0.39 is 0 Å². The van der Waals surface area contributed by atoms with Gasteiger partial charge >= 0.3 is 0 Å². The first-order valence-electron chi connectivity index (χ1n) is 15.2. The maximum atomic E-state index is 2.39. The van der Waals surface area contributed by atoms with Crippen molar-refractivity contribution in [1.82, 2.24) is 0 Å². The van der Waals surface area contributed by atoms with E-state index in [4.69, 9.17) is 0 Å². The molecule has 0 aliphatic rings. The Balaban J connectivity index is -0.0000000360. The van der Waals surface area contributed by atoms with E-state index in [0.29, 0.717) is 0 Å². The van der Waals surface area contributed by atoms with E-state index in [1.165, 1.54) is 38.5 Å². The van der Waals surface area contributed by atoms with Crippen LogP contribution in [0.25, 0.3) is 0 Å². The Labute approximate surface area is 220 Å². The van der Waals surface area contributed by atoms with E-state index in [9.17, 15) is 0 Å². The Hall–Kier alpha value is 0. The summed E-state index contributed by atoms with van der Waals surface area (Å²) in [6.07, 6.45) is 7.87. The van der Waals surface area contributed by atoms with Gasteiger partial charge in [0.25, 0.3) is 0 Å². The van der Waals surface area contributed by atoms with E-state index in [1.807, 2.05) is 55.4 Å². The first kappa shape index (κ1) is 58.7. The molecule has 216 valence electrons. The van der Waals surface area contributed by atoms with Crippen molar-refractivity contribution in [3.63, 3.8) is 0 Å². The Kier molecular flexibility index (Phi) is 124. The third-order valence-electron chi connectivity index (χ3n) is 4.01. The van der Waals surface area contributed by atoms with Gasteiger partial charge in [0.15, 0.2) is 0 Å². The van der Waals surface area contributed by atoms with Crippen LogP contribution in [0.5, 0.6) is 0 Å². The zero-order chi connectivity index (χ0) is 28.1. The largest absolute Gasteiger partial charge is 0.0776 e. The number of unbranched alkanes of at least 4 members (excludes halogenated alkanes) is 1. The quantitative estimate of drug-likeness (QED) is 0.339. The van der Waals surface area contributed by atoms with Crippen molar-refractivity contribution in [3.05, 3.63) is 0 Å². The van der Waals surface area contributed by atoms with Crippen LogP contribution in [0.15, 0.2) is 0 Å². The summed E-state index contributed by atoms with van der Waals surface area (Å²) >= 11 is 0. The zero-order valence-corrected chi connectivity index (χ0v) is 28.1. The van der Waals surface area contributed by atoms with Gasteiger partial charge in [-0.2, -0.15) is 0 Å². The lowest BCUT2D eigenvalue weighted by Crippen LogP contribution is -2.29. The topological polar surface area (TPSA) is 0 Å². The molecule has 33 heavy (non-hydrogen) atoms. The van der Waals surface area contributed by atoms with Crippen molar-refractivity contribution in [2.24, 2.45) is 29.6 Å². The number of hydrogen-bond donors (Lipinski definition) is 0. The third-order valence-corrected chi connectivity index (χ3v) is 4.01. The highest BCUT2D eigenvalue weighted by atomic mass is 14.3. The molecule has 0 spiro atoms. The molecular formula is C33H84. The Bertz CT molecular complexity index is 166. The van der Waals surface area contributed by atoms with Gasteiger partial charge in [0.1, 0.15) is 0 Å². The lowest BCUT2D eigenvalue weighted by Gasteiger charge is -2.36. The molecule has 0 amide bonds. The molecule has 0 fully saturated rings. The van der Waals surface area contributed by atoms with Crippen LogP contribution in [-0.4, -0.2) is 0 Å². The van der Waals surface area contributed by atoms with Crippen LogP contribution in [0.3, 0.4) is 0 Å². The van der Waals surface area contributed by atoms with E-state index in [2.05, 4.69) is 90.0 Å². The maximum absolute atomic E-state index is 2.39. The monoisotopic (exact) mass is 481 g/mol. The summed E-state index contributed by atoms with van der Waals surface area (Å²) in [4.78, 5) is 0. The van der Waals surface area contributed by atoms with Gasteiger partial charge in [-0.1, -0.05) is 191 Å². The average Bonchev–Trinajstić information content (AvgIpc) is 2.79. The van der Waals surface area contributed by atoms with Gasteiger partial charge in [-0.25, -0.2) is 0 Å². The summed E-state index contributed by atoms with van der Waals surface area (Å²) in [5, 5.41) is 0. The summed E-state index contributed by atoms with van der Waals surface area (Å²) < 4.78 is 0. The Morgan fingerprint density at radius 3 is 0.697 bits per heavy atom. The summed E-state index contributed by atoms with van der Waals surface area (Å²) in [6.45, 7) is 45.5. The summed E-state index contributed by atoms with van der Waals surface area (Å²) in [7, 11) is 0. The highest BCUT2D eigenvalue weighted by Crippen LogP contribution is 2.36. The number of hydrogen-bond acceptors (Lipinski definition) is 0. The van der Waals surface area contributed by atoms with Crippen LogP contribution in [0.1, 0.15) is 191 Å². The minimum Gasteiger partial charge on any atom is -0.0776 e. The minimum atomic E-state index is 0. The van der Waals surface area contributed by atoms with Crippen molar-refractivity contribution in [3.8, 4) is 0 Å².